The van der Waals surface area contributed by atoms with Crippen LogP contribution >= 0.6 is 23.2 Å². The highest BCUT2D eigenvalue weighted by molar-refractivity contribution is 6.35. The second kappa shape index (κ2) is 5.33. The van der Waals surface area contributed by atoms with Crippen LogP contribution in [0.15, 0.2) is 12.1 Å². The molecule has 100 valence electrons. The summed E-state index contributed by atoms with van der Waals surface area (Å²) in [6.45, 7) is 2.60. The normalized spacial score (nSPS) is 23.1. The van der Waals surface area contributed by atoms with Crippen LogP contribution in [-0.4, -0.2) is 12.7 Å². The molecular weight excluding hydrogens is 276 g/mol. The maximum Gasteiger partial charge on any atom is 0.142 e. The van der Waals surface area contributed by atoms with Gasteiger partial charge in [-0.1, -0.05) is 23.2 Å². The third-order valence-corrected chi connectivity index (χ3v) is 3.90. The first-order valence-electron chi connectivity index (χ1n) is 5.95. The number of rotatable bonds is 3. The third kappa shape index (κ3) is 2.97. The zero-order valence-electron chi connectivity index (χ0n) is 10.2. The number of hydrogen-bond acceptors (Lipinski definition) is 2. The standard InChI is InChI=1S/C13H16Cl2FNO/c1-13(17,7-8-3-2-4-18-8)9-5-12(16)11(15)6-10(9)14/h5-6,8H,2-4,7,17H2,1H3. The Bertz CT molecular complexity index is 445. The molecular formula is C13H16Cl2FNO. The van der Waals surface area contributed by atoms with E-state index in [1.54, 1.807) is 0 Å². The minimum atomic E-state index is -0.725. The number of nitrogens with two attached hydrogens (primary N) is 1. The molecule has 0 bridgehead atoms. The van der Waals surface area contributed by atoms with Crippen molar-refractivity contribution in [2.75, 3.05) is 6.61 Å². The SMILES string of the molecule is CC(N)(CC1CCCO1)c1cc(F)c(Cl)cc1Cl. The van der Waals surface area contributed by atoms with Crippen LogP contribution in [0.1, 0.15) is 31.7 Å². The van der Waals surface area contributed by atoms with Crippen molar-refractivity contribution in [3.8, 4) is 0 Å². The molecule has 5 heteroatoms. The summed E-state index contributed by atoms with van der Waals surface area (Å²) in [5.74, 6) is -0.500. The van der Waals surface area contributed by atoms with E-state index in [9.17, 15) is 4.39 Å². The highest BCUT2D eigenvalue weighted by atomic mass is 35.5. The molecule has 2 unspecified atom stereocenters. The molecule has 2 N–H and O–H groups in total. The summed E-state index contributed by atoms with van der Waals surface area (Å²) < 4.78 is 19.1. The van der Waals surface area contributed by atoms with Crippen molar-refractivity contribution in [3.63, 3.8) is 0 Å². The summed E-state index contributed by atoms with van der Waals surface area (Å²) in [7, 11) is 0. The lowest BCUT2D eigenvalue weighted by Crippen LogP contribution is -2.37. The average Bonchev–Trinajstić information content (AvgIpc) is 2.75. The number of hydrogen-bond donors (Lipinski definition) is 1. The molecule has 2 atom stereocenters. The van der Waals surface area contributed by atoms with E-state index in [1.807, 2.05) is 6.92 Å². The largest absolute Gasteiger partial charge is 0.378 e. The number of ether oxygens (including phenoxy) is 1. The monoisotopic (exact) mass is 291 g/mol. The van der Waals surface area contributed by atoms with Crippen molar-refractivity contribution in [2.45, 2.75) is 37.8 Å². The summed E-state index contributed by atoms with van der Waals surface area (Å²) in [6, 6.07) is 2.72. The highest BCUT2D eigenvalue weighted by Gasteiger charge is 2.30. The van der Waals surface area contributed by atoms with E-state index in [0.29, 0.717) is 17.0 Å². The fourth-order valence-corrected chi connectivity index (χ4v) is 2.95. The van der Waals surface area contributed by atoms with Crippen LogP contribution in [0.3, 0.4) is 0 Å². The van der Waals surface area contributed by atoms with Gasteiger partial charge < -0.3 is 10.5 Å². The second-order valence-corrected chi connectivity index (χ2v) is 5.82. The number of halogens is 3. The molecule has 1 aliphatic heterocycles. The van der Waals surface area contributed by atoms with Crippen LogP contribution in [0.25, 0.3) is 0 Å². The zero-order chi connectivity index (χ0) is 13.3. The summed E-state index contributed by atoms with van der Waals surface area (Å²) >= 11 is 11.8. The molecule has 0 radical (unpaired) electrons. The van der Waals surface area contributed by atoms with Crippen molar-refractivity contribution >= 4 is 23.2 Å². The van der Waals surface area contributed by atoms with Gasteiger partial charge in [-0.2, -0.15) is 0 Å². The van der Waals surface area contributed by atoms with Crippen LogP contribution in [0.5, 0.6) is 0 Å². The Morgan fingerprint density at radius 1 is 1.44 bits per heavy atom. The lowest BCUT2D eigenvalue weighted by molar-refractivity contribution is 0.0855. The lowest BCUT2D eigenvalue weighted by Gasteiger charge is -2.29. The first-order valence-corrected chi connectivity index (χ1v) is 6.71. The molecule has 0 amide bonds. The van der Waals surface area contributed by atoms with Crippen LogP contribution in [0.2, 0.25) is 10.0 Å². The van der Waals surface area contributed by atoms with E-state index >= 15 is 0 Å². The molecule has 1 fully saturated rings. The zero-order valence-corrected chi connectivity index (χ0v) is 11.7. The molecule has 0 saturated carbocycles. The molecule has 2 nitrogen and oxygen atoms in total. The molecule has 2 rings (SSSR count). The van der Waals surface area contributed by atoms with E-state index in [1.165, 1.54) is 12.1 Å². The predicted octanol–water partition coefficient (Wildman–Crippen LogP) is 3.88. The fraction of sp³-hybridized carbons (Fsp3) is 0.538. The van der Waals surface area contributed by atoms with E-state index in [2.05, 4.69) is 0 Å². The van der Waals surface area contributed by atoms with E-state index < -0.39 is 11.4 Å². The van der Waals surface area contributed by atoms with E-state index in [0.717, 1.165) is 19.4 Å². The van der Waals surface area contributed by atoms with Gasteiger partial charge in [0.15, 0.2) is 0 Å². The predicted molar refractivity (Wildman–Crippen MR) is 71.6 cm³/mol. The topological polar surface area (TPSA) is 35.2 Å². The van der Waals surface area contributed by atoms with Gasteiger partial charge in [-0.25, -0.2) is 4.39 Å². The maximum absolute atomic E-state index is 13.5. The summed E-state index contributed by atoms with van der Waals surface area (Å²) in [6.07, 6.45) is 2.77. The van der Waals surface area contributed by atoms with Gasteiger partial charge in [-0.3, -0.25) is 0 Å². The Morgan fingerprint density at radius 2 is 2.17 bits per heavy atom. The van der Waals surface area contributed by atoms with Crippen LogP contribution in [-0.2, 0) is 10.3 Å². The van der Waals surface area contributed by atoms with Crippen LogP contribution < -0.4 is 5.73 Å². The van der Waals surface area contributed by atoms with Crippen LogP contribution in [0, 0.1) is 5.82 Å². The Kier molecular flexibility index (Phi) is 4.17. The van der Waals surface area contributed by atoms with Gasteiger partial charge in [0.05, 0.1) is 11.1 Å². The first kappa shape index (κ1) is 14.1. The second-order valence-electron chi connectivity index (χ2n) is 5.00. The quantitative estimate of drug-likeness (QED) is 0.858. The molecule has 1 aromatic carbocycles. The fourth-order valence-electron chi connectivity index (χ4n) is 2.35. The third-order valence-electron chi connectivity index (χ3n) is 3.30. The van der Waals surface area contributed by atoms with Gasteiger partial charge in [-0.05, 0) is 43.9 Å². The molecule has 1 heterocycles. The summed E-state index contributed by atoms with van der Waals surface area (Å²) in [5.41, 5.74) is 6.11. The number of benzene rings is 1. The van der Waals surface area contributed by atoms with Gasteiger partial charge in [0.2, 0.25) is 0 Å². The molecule has 0 aromatic heterocycles. The Labute approximate surface area is 116 Å². The smallest absolute Gasteiger partial charge is 0.142 e. The van der Waals surface area contributed by atoms with Gasteiger partial charge in [0, 0.05) is 17.2 Å². The summed E-state index contributed by atoms with van der Waals surface area (Å²) in [5, 5.41) is 0.404. The Morgan fingerprint density at radius 3 is 2.78 bits per heavy atom. The minimum absolute atomic E-state index is 0.0108. The van der Waals surface area contributed by atoms with Crippen molar-refractivity contribution in [1.29, 1.82) is 0 Å². The van der Waals surface area contributed by atoms with Gasteiger partial charge >= 0.3 is 0 Å². The lowest BCUT2D eigenvalue weighted by atomic mass is 9.86. The first-order chi connectivity index (χ1) is 8.40. The van der Waals surface area contributed by atoms with Gasteiger partial charge in [0.25, 0.3) is 0 Å². The van der Waals surface area contributed by atoms with E-state index in [4.69, 9.17) is 33.7 Å². The molecule has 18 heavy (non-hydrogen) atoms. The highest BCUT2D eigenvalue weighted by Crippen LogP contribution is 2.35. The minimum Gasteiger partial charge on any atom is -0.378 e. The molecule has 1 aliphatic rings. The van der Waals surface area contributed by atoms with Crippen molar-refractivity contribution in [2.24, 2.45) is 5.73 Å². The van der Waals surface area contributed by atoms with Crippen molar-refractivity contribution < 1.29 is 9.13 Å². The Hall–Kier alpha value is -0.350. The molecule has 1 aromatic rings. The maximum atomic E-state index is 13.5. The van der Waals surface area contributed by atoms with Gasteiger partial charge in [0.1, 0.15) is 5.82 Å². The Balaban J connectivity index is 2.25. The van der Waals surface area contributed by atoms with E-state index in [-0.39, 0.29) is 11.1 Å². The molecule has 0 aliphatic carbocycles. The van der Waals surface area contributed by atoms with Crippen molar-refractivity contribution in [1.82, 2.24) is 0 Å². The molecule has 1 saturated heterocycles. The average molecular weight is 292 g/mol. The molecule has 0 spiro atoms. The van der Waals surface area contributed by atoms with Crippen LogP contribution in [0.4, 0.5) is 4.39 Å². The van der Waals surface area contributed by atoms with Crippen molar-refractivity contribution in [3.05, 3.63) is 33.6 Å². The van der Waals surface area contributed by atoms with Gasteiger partial charge in [-0.15, -0.1) is 0 Å². The summed E-state index contributed by atoms with van der Waals surface area (Å²) in [4.78, 5) is 0.